The third-order valence-corrected chi connectivity index (χ3v) is 4.53. The minimum atomic E-state index is 0.229. The number of methoxy groups -OCH3 is 1. The lowest BCUT2D eigenvalue weighted by molar-refractivity contribution is 0.237. The number of aromatic nitrogens is 4. The summed E-state index contributed by atoms with van der Waals surface area (Å²) < 4.78 is 11.0. The van der Waals surface area contributed by atoms with Crippen LogP contribution in [0.5, 0.6) is 17.4 Å². The Labute approximate surface area is 152 Å². The monoisotopic (exact) mass is 351 g/mol. The largest absolute Gasteiger partial charge is 0.497 e. The first-order chi connectivity index (χ1) is 12.8. The molecule has 1 N–H and O–H groups in total. The van der Waals surface area contributed by atoms with Crippen molar-refractivity contribution >= 4 is 0 Å². The van der Waals surface area contributed by atoms with Crippen LogP contribution in [0, 0.1) is 0 Å². The maximum atomic E-state index is 5.85. The molecular formula is C19H21N5O2. The standard InChI is InChI=1S/C19H21N5O2/c1-25-14-4-6-15(7-5-14)26-19-12-20-11-16(23-19)17-3-2-10-24(17)13-18-21-8-9-22-18/h4-9,11-12,17H,2-3,10,13H2,1H3,(H,21,22)/t17-/m1/s1. The Kier molecular flexibility index (Phi) is 4.79. The molecule has 1 aliphatic rings. The SMILES string of the molecule is COc1ccc(Oc2cncc([C@H]3CCCN3Cc3ncc[nH]3)n2)cc1. The highest BCUT2D eigenvalue weighted by molar-refractivity contribution is 5.33. The van der Waals surface area contributed by atoms with Crippen LogP contribution in [0.15, 0.2) is 49.1 Å². The number of hydrogen-bond acceptors (Lipinski definition) is 6. The minimum Gasteiger partial charge on any atom is -0.497 e. The molecule has 1 atom stereocenters. The number of likely N-dealkylation sites (tertiary alicyclic amines) is 1. The van der Waals surface area contributed by atoms with Crippen molar-refractivity contribution in [3.8, 4) is 17.4 Å². The third-order valence-electron chi connectivity index (χ3n) is 4.53. The predicted octanol–water partition coefficient (Wildman–Crippen LogP) is 3.34. The highest BCUT2D eigenvalue weighted by Crippen LogP contribution is 2.32. The van der Waals surface area contributed by atoms with Gasteiger partial charge < -0.3 is 14.5 Å². The van der Waals surface area contributed by atoms with Gasteiger partial charge in [0.2, 0.25) is 5.88 Å². The maximum Gasteiger partial charge on any atom is 0.238 e. The van der Waals surface area contributed by atoms with Crippen LogP contribution in [0.3, 0.4) is 0 Å². The molecule has 7 heteroatoms. The first-order valence-corrected chi connectivity index (χ1v) is 8.68. The predicted molar refractivity (Wildman–Crippen MR) is 96.1 cm³/mol. The molecule has 0 unspecified atom stereocenters. The molecule has 0 radical (unpaired) electrons. The van der Waals surface area contributed by atoms with Crippen LogP contribution in [0.4, 0.5) is 0 Å². The number of nitrogens with one attached hydrogen (secondary N) is 1. The van der Waals surface area contributed by atoms with Gasteiger partial charge in [-0.15, -0.1) is 0 Å². The topological polar surface area (TPSA) is 76.2 Å². The van der Waals surface area contributed by atoms with Crippen molar-refractivity contribution < 1.29 is 9.47 Å². The average molecular weight is 351 g/mol. The maximum absolute atomic E-state index is 5.85. The van der Waals surface area contributed by atoms with E-state index in [1.165, 1.54) is 0 Å². The van der Waals surface area contributed by atoms with Gasteiger partial charge in [-0.25, -0.2) is 9.97 Å². The second kappa shape index (κ2) is 7.53. The van der Waals surface area contributed by atoms with Gasteiger partial charge in [0, 0.05) is 12.4 Å². The molecule has 3 aromatic rings. The summed E-state index contributed by atoms with van der Waals surface area (Å²) in [7, 11) is 1.64. The summed E-state index contributed by atoms with van der Waals surface area (Å²) in [5.41, 5.74) is 0.931. The Balaban J connectivity index is 1.49. The summed E-state index contributed by atoms with van der Waals surface area (Å²) in [6, 6.07) is 7.65. The number of rotatable bonds is 6. The van der Waals surface area contributed by atoms with Crippen molar-refractivity contribution in [1.29, 1.82) is 0 Å². The first kappa shape index (κ1) is 16.5. The van der Waals surface area contributed by atoms with Gasteiger partial charge in [0.15, 0.2) is 0 Å². The normalized spacial score (nSPS) is 17.3. The van der Waals surface area contributed by atoms with Crippen molar-refractivity contribution in [2.45, 2.75) is 25.4 Å². The van der Waals surface area contributed by atoms with Crippen LogP contribution in [0.2, 0.25) is 0 Å². The zero-order valence-electron chi connectivity index (χ0n) is 14.6. The van der Waals surface area contributed by atoms with Gasteiger partial charge in [0.05, 0.1) is 37.8 Å². The molecule has 0 spiro atoms. The smallest absolute Gasteiger partial charge is 0.238 e. The number of benzene rings is 1. The van der Waals surface area contributed by atoms with Crippen LogP contribution in [0.25, 0.3) is 0 Å². The van der Waals surface area contributed by atoms with Crippen molar-refractivity contribution in [2.75, 3.05) is 13.7 Å². The van der Waals surface area contributed by atoms with E-state index < -0.39 is 0 Å². The highest BCUT2D eigenvalue weighted by Gasteiger charge is 2.28. The lowest BCUT2D eigenvalue weighted by Gasteiger charge is -2.22. The lowest BCUT2D eigenvalue weighted by Crippen LogP contribution is -2.24. The van der Waals surface area contributed by atoms with Crippen LogP contribution in [-0.2, 0) is 6.54 Å². The molecule has 1 aromatic carbocycles. The Morgan fingerprint density at radius 2 is 2.04 bits per heavy atom. The fourth-order valence-corrected chi connectivity index (χ4v) is 3.26. The molecule has 2 aromatic heterocycles. The molecular weight excluding hydrogens is 330 g/mol. The van der Waals surface area contributed by atoms with Gasteiger partial charge in [-0.3, -0.25) is 9.88 Å². The molecule has 4 rings (SSSR count). The Morgan fingerprint density at radius 3 is 2.81 bits per heavy atom. The van der Waals surface area contributed by atoms with E-state index in [4.69, 9.17) is 9.47 Å². The molecule has 134 valence electrons. The van der Waals surface area contributed by atoms with E-state index in [2.05, 4.69) is 24.8 Å². The van der Waals surface area contributed by atoms with E-state index in [0.29, 0.717) is 11.6 Å². The van der Waals surface area contributed by atoms with Gasteiger partial charge >= 0.3 is 0 Å². The summed E-state index contributed by atoms with van der Waals surface area (Å²) in [6.45, 7) is 1.81. The summed E-state index contributed by atoms with van der Waals surface area (Å²) in [5, 5.41) is 0. The lowest BCUT2D eigenvalue weighted by atomic mass is 10.1. The molecule has 1 aliphatic heterocycles. The van der Waals surface area contributed by atoms with Crippen LogP contribution >= 0.6 is 0 Å². The minimum absolute atomic E-state index is 0.229. The number of hydrogen-bond donors (Lipinski definition) is 1. The van der Waals surface area contributed by atoms with E-state index in [0.717, 1.165) is 43.2 Å². The second-order valence-electron chi connectivity index (χ2n) is 6.22. The molecule has 1 saturated heterocycles. The molecule has 7 nitrogen and oxygen atoms in total. The van der Waals surface area contributed by atoms with E-state index in [-0.39, 0.29) is 6.04 Å². The van der Waals surface area contributed by atoms with Crippen LogP contribution in [0.1, 0.15) is 30.4 Å². The van der Waals surface area contributed by atoms with Gasteiger partial charge in [0.1, 0.15) is 17.3 Å². The van der Waals surface area contributed by atoms with Crippen molar-refractivity contribution in [1.82, 2.24) is 24.8 Å². The van der Waals surface area contributed by atoms with Crippen LogP contribution in [-0.4, -0.2) is 38.5 Å². The summed E-state index contributed by atoms with van der Waals surface area (Å²) >= 11 is 0. The molecule has 3 heterocycles. The quantitative estimate of drug-likeness (QED) is 0.734. The Bertz CT molecular complexity index is 835. The van der Waals surface area contributed by atoms with E-state index >= 15 is 0 Å². The zero-order valence-corrected chi connectivity index (χ0v) is 14.6. The number of H-pyrrole nitrogens is 1. The third kappa shape index (κ3) is 3.67. The van der Waals surface area contributed by atoms with Crippen molar-refractivity contribution in [3.05, 3.63) is 60.6 Å². The number of nitrogens with zero attached hydrogens (tertiary/aromatic N) is 4. The molecule has 26 heavy (non-hydrogen) atoms. The van der Waals surface area contributed by atoms with Gasteiger partial charge in [-0.05, 0) is 43.7 Å². The van der Waals surface area contributed by atoms with Gasteiger partial charge in [0.25, 0.3) is 0 Å². The zero-order chi connectivity index (χ0) is 17.8. The van der Waals surface area contributed by atoms with E-state index in [1.807, 2.05) is 36.7 Å². The average Bonchev–Trinajstić information content (AvgIpc) is 3.35. The van der Waals surface area contributed by atoms with Gasteiger partial charge in [-0.2, -0.15) is 0 Å². The molecule has 0 saturated carbocycles. The summed E-state index contributed by atoms with van der Waals surface area (Å²) in [4.78, 5) is 18.9. The highest BCUT2D eigenvalue weighted by atomic mass is 16.5. The van der Waals surface area contributed by atoms with E-state index in [9.17, 15) is 0 Å². The fourth-order valence-electron chi connectivity index (χ4n) is 3.26. The van der Waals surface area contributed by atoms with Gasteiger partial charge in [-0.1, -0.05) is 0 Å². The van der Waals surface area contributed by atoms with Crippen molar-refractivity contribution in [3.63, 3.8) is 0 Å². The second-order valence-corrected chi connectivity index (χ2v) is 6.22. The number of imidazole rings is 1. The summed E-state index contributed by atoms with van der Waals surface area (Å²) in [6.07, 6.45) is 9.29. The fraction of sp³-hybridized carbons (Fsp3) is 0.316. The Morgan fingerprint density at radius 1 is 1.19 bits per heavy atom. The number of aromatic amines is 1. The van der Waals surface area contributed by atoms with E-state index in [1.54, 1.807) is 19.5 Å². The number of ether oxygens (including phenoxy) is 2. The first-order valence-electron chi connectivity index (χ1n) is 8.68. The summed E-state index contributed by atoms with van der Waals surface area (Å²) in [5.74, 6) is 2.96. The molecule has 1 fully saturated rings. The van der Waals surface area contributed by atoms with Crippen molar-refractivity contribution in [2.24, 2.45) is 0 Å². The van der Waals surface area contributed by atoms with Crippen LogP contribution < -0.4 is 9.47 Å². The molecule has 0 aliphatic carbocycles. The molecule has 0 bridgehead atoms. The Hall–Kier alpha value is -2.93. The molecule has 0 amide bonds.